The fourth-order valence-corrected chi connectivity index (χ4v) is 1.76. The maximum absolute atomic E-state index is 11.9. The molecule has 0 saturated carbocycles. The molecule has 0 saturated heterocycles. The molecule has 7 nitrogen and oxygen atoms in total. The van der Waals surface area contributed by atoms with E-state index in [9.17, 15) is 4.79 Å². The summed E-state index contributed by atoms with van der Waals surface area (Å²) in [5.41, 5.74) is 2.51. The third-order valence-electron chi connectivity index (χ3n) is 2.75. The minimum absolute atomic E-state index is 0.245. The smallest absolute Gasteiger partial charge is 0.258 e. The van der Waals surface area contributed by atoms with Gasteiger partial charge in [-0.1, -0.05) is 0 Å². The Morgan fingerprint density at radius 3 is 2.70 bits per heavy atom. The number of rotatable bonds is 3. The van der Waals surface area contributed by atoms with Crippen molar-refractivity contribution < 1.29 is 4.79 Å². The summed E-state index contributed by atoms with van der Waals surface area (Å²) in [6.45, 7) is 1.97. The normalized spacial score (nSPS) is 10.4. The van der Waals surface area contributed by atoms with Gasteiger partial charge in [0.25, 0.3) is 5.91 Å². The highest BCUT2D eigenvalue weighted by Crippen LogP contribution is 2.11. The fraction of sp³-hybridized carbons (Fsp3) is 0.0769. The summed E-state index contributed by atoms with van der Waals surface area (Å²) in [4.78, 5) is 15.8. The van der Waals surface area contributed by atoms with E-state index in [1.165, 1.54) is 6.33 Å². The Bertz CT molecular complexity index is 714. The Hall–Kier alpha value is -2.96. The average Bonchev–Trinajstić information content (AvgIpc) is 3.10. The number of nitrogens with one attached hydrogen (secondary N) is 2. The van der Waals surface area contributed by atoms with Crippen LogP contribution in [0.1, 0.15) is 15.9 Å². The molecule has 0 unspecified atom stereocenters. The Balaban J connectivity index is 1.77. The zero-order chi connectivity index (χ0) is 13.9. The molecule has 3 aromatic rings. The van der Waals surface area contributed by atoms with Gasteiger partial charge in [0.2, 0.25) is 5.95 Å². The molecule has 2 aromatic heterocycles. The fourth-order valence-electron chi connectivity index (χ4n) is 1.76. The van der Waals surface area contributed by atoms with Crippen molar-refractivity contribution in [2.24, 2.45) is 0 Å². The predicted molar refractivity (Wildman–Crippen MR) is 72.6 cm³/mol. The summed E-state index contributed by atoms with van der Waals surface area (Å²) in [5, 5.41) is 13.1. The third kappa shape index (κ3) is 2.41. The van der Waals surface area contributed by atoms with Crippen LogP contribution in [0.5, 0.6) is 0 Å². The van der Waals surface area contributed by atoms with Crippen LogP contribution >= 0.6 is 0 Å². The van der Waals surface area contributed by atoms with E-state index in [0.717, 1.165) is 11.3 Å². The minimum Gasteiger partial charge on any atom is -0.291 e. The van der Waals surface area contributed by atoms with E-state index < -0.39 is 0 Å². The highest BCUT2D eigenvalue weighted by atomic mass is 16.1. The molecule has 20 heavy (non-hydrogen) atoms. The van der Waals surface area contributed by atoms with Crippen molar-refractivity contribution in [1.29, 1.82) is 0 Å². The SMILES string of the molecule is Cc1cnn(-c2ccc(C(=O)Nc3ncn[nH]3)cc2)c1. The van der Waals surface area contributed by atoms with Crippen LogP contribution in [0.25, 0.3) is 5.69 Å². The van der Waals surface area contributed by atoms with Crippen molar-refractivity contribution in [3.05, 3.63) is 54.1 Å². The average molecular weight is 268 g/mol. The number of benzene rings is 1. The molecule has 100 valence electrons. The number of hydrogen-bond donors (Lipinski definition) is 2. The number of H-pyrrole nitrogens is 1. The number of anilines is 1. The highest BCUT2D eigenvalue weighted by molar-refractivity contribution is 6.03. The molecule has 0 bridgehead atoms. The van der Waals surface area contributed by atoms with E-state index in [2.05, 4.69) is 25.6 Å². The summed E-state index contributed by atoms with van der Waals surface area (Å²) in [6.07, 6.45) is 5.03. The Kier molecular flexibility index (Phi) is 3.00. The van der Waals surface area contributed by atoms with Crippen LogP contribution in [0.15, 0.2) is 43.0 Å². The van der Waals surface area contributed by atoms with E-state index in [1.807, 2.05) is 25.3 Å². The van der Waals surface area contributed by atoms with Crippen LogP contribution in [0.3, 0.4) is 0 Å². The highest BCUT2D eigenvalue weighted by Gasteiger charge is 2.08. The Labute approximate surface area is 114 Å². The van der Waals surface area contributed by atoms with Gasteiger partial charge in [0.05, 0.1) is 11.9 Å². The van der Waals surface area contributed by atoms with Crippen molar-refractivity contribution in [3.63, 3.8) is 0 Å². The van der Waals surface area contributed by atoms with Crippen molar-refractivity contribution in [2.45, 2.75) is 6.92 Å². The molecule has 1 amide bonds. The van der Waals surface area contributed by atoms with Gasteiger partial charge < -0.3 is 0 Å². The van der Waals surface area contributed by atoms with E-state index in [1.54, 1.807) is 23.0 Å². The largest absolute Gasteiger partial charge is 0.291 e. The summed E-state index contributed by atoms with van der Waals surface area (Å²) in [5.74, 6) is 0.0757. The van der Waals surface area contributed by atoms with E-state index in [0.29, 0.717) is 11.5 Å². The lowest BCUT2D eigenvalue weighted by atomic mass is 10.2. The monoisotopic (exact) mass is 268 g/mol. The summed E-state index contributed by atoms with van der Waals surface area (Å²) < 4.78 is 1.76. The number of hydrogen-bond acceptors (Lipinski definition) is 4. The first-order valence-electron chi connectivity index (χ1n) is 6.01. The molecular weight excluding hydrogens is 256 g/mol. The minimum atomic E-state index is -0.245. The molecule has 3 rings (SSSR count). The second kappa shape index (κ2) is 4.96. The van der Waals surface area contributed by atoms with E-state index >= 15 is 0 Å². The molecule has 0 fully saturated rings. The number of aromatic amines is 1. The summed E-state index contributed by atoms with van der Waals surface area (Å²) in [6, 6.07) is 7.14. The number of aryl methyl sites for hydroxylation is 1. The van der Waals surface area contributed by atoms with Gasteiger partial charge in [-0.25, -0.2) is 9.78 Å². The van der Waals surface area contributed by atoms with E-state index in [4.69, 9.17) is 0 Å². The predicted octanol–water partition coefficient (Wildman–Crippen LogP) is 1.55. The second-order valence-corrected chi connectivity index (χ2v) is 4.30. The van der Waals surface area contributed by atoms with Gasteiger partial charge in [-0.2, -0.15) is 15.2 Å². The van der Waals surface area contributed by atoms with Crippen LogP contribution < -0.4 is 5.32 Å². The number of nitrogens with zero attached hydrogens (tertiary/aromatic N) is 4. The molecule has 2 N–H and O–H groups in total. The van der Waals surface area contributed by atoms with Crippen molar-refractivity contribution in [3.8, 4) is 5.69 Å². The van der Waals surface area contributed by atoms with E-state index in [-0.39, 0.29) is 5.91 Å². The zero-order valence-corrected chi connectivity index (χ0v) is 10.7. The molecule has 1 aromatic carbocycles. The van der Waals surface area contributed by atoms with Crippen LogP contribution in [-0.2, 0) is 0 Å². The third-order valence-corrected chi connectivity index (χ3v) is 2.75. The lowest BCUT2D eigenvalue weighted by Crippen LogP contribution is -2.13. The first-order chi connectivity index (χ1) is 9.72. The maximum Gasteiger partial charge on any atom is 0.258 e. The topological polar surface area (TPSA) is 88.5 Å². The van der Waals surface area contributed by atoms with Gasteiger partial charge in [0, 0.05) is 11.8 Å². The molecule has 0 aliphatic rings. The number of carbonyl (C=O) groups excluding carboxylic acids is 1. The maximum atomic E-state index is 11.9. The molecule has 0 aliphatic carbocycles. The van der Waals surface area contributed by atoms with Gasteiger partial charge in [-0.05, 0) is 36.8 Å². The van der Waals surface area contributed by atoms with Crippen LogP contribution in [0, 0.1) is 6.92 Å². The van der Waals surface area contributed by atoms with Crippen LogP contribution in [0.2, 0.25) is 0 Å². The molecule has 2 heterocycles. The molecule has 0 spiro atoms. The summed E-state index contributed by atoms with van der Waals surface area (Å²) >= 11 is 0. The molecular formula is C13H12N6O. The lowest BCUT2D eigenvalue weighted by Gasteiger charge is -2.04. The second-order valence-electron chi connectivity index (χ2n) is 4.30. The van der Waals surface area contributed by atoms with Crippen molar-refractivity contribution >= 4 is 11.9 Å². The Morgan fingerprint density at radius 1 is 1.30 bits per heavy atom. The van der Waals surface area contributed by atoms with Gasteiger partial charge in [-0.15, -0.1) is 0 Å². The quantitative estimate of drug-likeness (QED) is 0.754. The standard InChI is InChI=1S/C13H12N6O/c1-9-6-16-19(7-9)11-4-2-10(3-5-11)12(20)17-13-14-8-15-18-13/h2-8H,1H3,(H2,14,15,17,18,20). The molecule has 0 atom stereocenters. The van der Waals surface area contributed by atoms with Gasteiger partial charge >= 0.3 is 0 Å². The van der Waals surface area contributed by atoms with Gasteiger partial charge in [-0.3, -0.25) is 10.1 Å². The number of carbonyl (C=O) groups is 1. The van der Waals surface area contributed by atoms with Gasteiger partial charge in [0.15, 0.2) is 0 Å². The van der Waals surface area contributed by atoms with Crippen LogP contribution in [-0.4, -0.2) is 30.9 Å². The van der Waals surface area contributed by atoms with Crippen molar-refractivity contribution in [2.75, 3.05) is 5.32 Å². The van der Waals surface area contributed by atoms with Gasteiger partial charge in [0.1, 0.15) is 6.33 Å². The number of aromatic nitrogens is 5. The zero-order valence-electron chi connectivity index (χ0n) is 10.7. The number of amides is 1. The molecule has 0 aliphatic heterocycles. The first-order valence-corrected chi connectivity index (χ1v) is 6.01. The van der Waals surface area contributed by atoms with Crippen LogP contribution in [0.4, 0.5) is 5.95 Å². The first kappa shape index (κ1) is 12.1. The summed E-state index contributed by atoms with van der Waals surface area (Å²) in [7, 11) is 0. The Morgan fingerprint density at radius 2 is 2.10 bits per heavy atom. The molecule has 7 heteroatoms. The molecule has 0 radical (unpaired) electrons. The lowest BCUT2D eigenvalue weighted by molar-refractivity contribution is 0.102. The van der Waals surface area contributed by atoms with Crippen molar-refractivity contribution in [1.82, 2.24) is 25.0 Å².